The van der Waals surface area contributed by atoms with E-state index in [-0.39, 0.29) is 12.4 Å². The van der Waals surface area contributed by atoms with Crippen molar-refractivity contribution in [3.8, 4) is 12.1 Å². The summed E-state index contributed by atoms with van der Waals surface area (Å²) in [5.41, 5.74) is 2.71. The second kappa shape index (κ2) is 3.56. The Morgan fingerprint density at radius 3 is 2.67 bits per heavy atom. The van der Waals surface area contributed by atoms with Crippen LogP contribution in [0.4, 0.5) is 0 Å². The molecule has 0 saturated heterocycles. The van der Waals surface area contributed by atoms with E-state index in [1.54, 1.807) is 30.3 Å². The van der Waals surface area contributed by atoms with Crippen LogP contribution in [0.2, 0.25) is 0 Å². The summed E-state index contributed by atoms with van der Waals surface area (Å²) < 4.78 is 0. The van der Waals surface area contributed by atoms with Crippen molar-refractivity contribution in [3.63, 3.8) is 0 Å². The molecule has 0 fully saturated rings. The number of amides is 1. The summed E-state index contributed by atoms with van der Waals surface area (Å²) in [7, 11) is 3.58. The maximum absolute atomic E-state index is 11.9. The van der Waals surface area contributed by atoms with Gasteiger partial charge in [0.05, 0.1) is 18.7 Å². The molecule has 2 aliphatic heterocycles. The zero-order chi connectivity index (χ0) is 13.6. The van der Waals surface area contributed by atoms with Gasteiger partial charge in [-0.1, -0.05) is 0 Å². The summed E-state index contributed by atoms with van der Waals surface area (Å²) in [5.74, 6) is -0.758. The van der Waals surface area contributed by atoms with E-state index in [4.69, 9.17) is 5.73 Å². The van der Waals surface area contributed by atoms with Crippen molar-refractivity contribution < 1.29 is 4.79 Å². The molecule has 2 atom stereocenters. The molecule has 2 rings (SSSR count). The lowest BCUT2D eigenvalue weighted by Crippen LogP contribution is -2.57. The first-order valence-electron chi connectivity index (χ1n) is 5.28. The van der Waals surface area contributed by atoms with Crippen LogP contribution in [0, 0.1) is 33.5 Å². The van der Waals surface area contributed by atoms with Gasteiger partial charge in [-0.25, -0.2) is 5.01 Å². The molecule has 92 valence electrons. The standard InChI is InChI=1S/C11H12N6O/c1-16(2)17-4-3-10(5-12)9(18)15-8(14)11(10,6-13)7-17/h3-4H,7H2,1-2H3,(H2,14,15,18). The zero-order valence-electron chi connectivity index (χ0n) is 10.1. The van der Waals surface area contributed by atoms with E-state index in [1.807, 2.05) is 12.1 Å². The maximum Gasteiger partial charge on any atom is 0.274 e. The van der Waals surface area contributed by atoms with E-state index in [0.717, 1.165) is 0 Å². The van der Waals surface area contributed by atoms with Crippen molar-refractivity contribution in [1.82, 2.24) is 10.0 Å². The van der Waals surface area contributed by atoms with E-state index in [0.29, 0.717) is 0 Å². The first-order chi connectivity index (χ1) is 8.43. The molecular formula is C11H12N6O. The molecule has 0 aromatic heterocycles. The molecule has 0 aromatic carbocycles. The van der Waals surface area contributed by atoms with Gasteiger partial charge in [0.1, 0.15) is 5.84 Å². The molecule has 18 heavy (non-hydrogen) atoms. The number of hydrazine groups is 1. The Kier molecular flexibility index (Phi) is 2.39. The summed E-state index contributed by atoms with van der Waals surface area (Å²) in [5, 5.41) is 22.2. The van der Waals surface area contributed by atoms with Crippen molar-refractivity contribution in [1.29, 1.82) is 10.5 Å². The summed E-state index contributed by atoms with van der Waals surface area (Å²) in [4.78, 5) is 15.5. The summed E-state index contributed by atoms with van der Waals surface area (Å²) >= 11 is 0. The quantitative estimate of drug-likeness (QED) is 0.647. The monoisotopic (exact) mass is 244 g/mol. The highest BCUT2D eigenvalue weighted by molar-refractivity contribution is 6.12. The van der Waals surface area contributed by atoms with Gasteiger partial charge < -0.3 is 10.7 Å². The Bertz CT molecular complexity index is 551. The number of nitriles is 2. The molecule has 7 heteroatoms. The van der Waals surface area contributed by atoms with Gasteiger partial charge >= 0.3 is 0 Å². The summed E-state index contributed by atoms with van der Waals surface area (Å²) in [6.45, 7) is 0.127. The SMILES string of the molecule is CN(C)N1C=CC2(C#N)C(=O)N=C(N)C2(C#N)C1. The molecule has 0 bridgehead atoms. The van der Waals surface area contributed by atoms with Gasteiger partial charge in [0.2, 0.25) is 0 Å². The van der Waals surface area contributed by atoms with E-state index in [2.05, 4.69) is 4.99 Å². The molecule has 0 saturated carbocycles. The van der Waals surface area contributed by atoms with Crippen LogP contribution in [0.15, 0.2) is 17.3 Å². The van der Waals surface area contributed by atoms with E-state index in [1.165, 1.54) is 6.08 Å². The van der Waals surface area contributed by atoms with Gasteiger partial charge in [-0.3, -0.25) is 4.79 Å². The Hall–Kier alpha value is -2.38. The summed E-state index contributed by atoms with van der Waals surface area (Å²) in [6, 6.07) is 3.93. The highest BCUT2D eigenvalue weighted by Crippen LogP contribution is 2.48. The molecule has 7 nitrogen and oxygen atoms in total. The average Bonchev–Trinajstić information content (AvgIpc) is 2.58. The lowest BCUT2D eigenvalue weighted by Gasteiger charge is -2.42. The molecule has 2 unspecified atom stereocenters. The third kappa shape index (κ3) is 1.14. The van der Waals surface area contributed by atoms with E-state index < -0.39 is 16.7 Å². The number of hydrogen-bond acceptors (Lipinski definition) is 6. The zero-order valence-corrected chi connectivity index (χ0v) is 10.1. The first-order valence-corrected chi connectivity index (χ1v) is 5.28. The number of aliphatic imine (C=N–C) groups is 1. The second-order valence-electron chi connectivity index (χ2n) is 4.50. The van der Waals surface area contributed by atoms with Crippen LogP contribution in [0.5, 0.6) is 0 Å². The third-order valence-corrected chi connectivity index (χ3v) is 3.45. The number of nitrogens with zero attached hydrogens (tertiary/aromatic N) is 5. The van der Waals surface area contributed by atoms with Gasteiger partial charge in [-0.05, 0) is 6.08 Å². The van der Waals surface area contributed by atoms with Crippen LogP contribution >= 0.6 is 0 Å². The van der Waals surface area contributed by atoms with Crippen LogP contribution < -0.4 is 5.73 Å². The fourth-order valence-electron chi connectivity index (χ4n) is 2.23. The molecule has 0 radical (unpaired) electrons. The minimum absolute atomic E-state index is 0.0900. The Labute approximate surface area is 104 Å². The van der Waals surface area contributed by atoms with Crippen LogP contribution in [0.1, 0.15) is 0 Å². The molecule has 0 aliphatic carbocycles. The van der Waals surface area contributed by atoms with Crippen molar-refractivity contribution in [2.24, 2.45) is 21.6 Å². The maximum atomic E-state index is 11.9. The van der Waals surface area contributed by atoms with E-state index in [9.17, 15) is 15.3 Å². The highest BCUT2D eigenvalue weighted by Gasteiger charge is 2.65. The number of nitrogens with two attached hydrogens (primary N) is 1. The van der Waals surface area contributed by atoms with Crippen LogP contribution in [0.25, 0.3) is 0 Å². The minimum atomic E-state index is -1.60. The number of hydrogen-bond donors (Lipinski definition) is 1. The molecular weight excluding hydrogens is 232 g/mol. The molecule has 0 spiro atoms. The topological polar surface area (TPSA) is 110 Å². The van der Waals surface area contributed by atoms with E-state index >= 15 is 0 Å². The average molecular weight is 244 g/mol. The number of fused-ring (bicyclic) bond motifs is 1. The normalized spacial score (nSPS) is 33.9. The summed E-state index contributed by atoms with van der Waals surface area (Å²) in [6.07, 6.45) is 3.01. The van der Waals surface area contributed by atoms with Gasteiger partial charge in [0, 0.05) is 20.3 Å². The minimum Gasteiger partial charge on any atom is -0.386 e. The molecule has 2 N–H and O–H groups in total. The van der Waals surface area contributed by atoms with Crippen molar-refractivity contribution in [2.75, 3.05) is 20.6 Å². The first kappa shape index (κ1) is 12.1. The Morgan fingerprint density at radius 2 is 2.17 bits per heavy atom. The lowest BCUT2D eigenvalue weighted by molar-refractivity contribution is -0.124. The number of rotatable bonds is 1. The van der Waals surface area contributed by atoms with Gasteiger partial charge in [-0.15, -0.1) is 0 Å². The van der Waals surface area contributed by atoms with Crippen LogP contribution in [0.3, 0.4) is 0 Å². The lowest BCUT2D eigenvalue weighted by atomic mass is 9.64. The molecule has 0 aromatic rings. The highest BCUT2D eigenvalue weighted by atomic mass is 16.2. The molecule has 2 heterocycles. The van der Waals surface area contributed by atoms with Crippen LogP contribution in [-0.4, -0.2) is 42.4 Å². The van der Waals surface area contributed by atoms with Gasteiger partial charge in [-0.2, -0.15) is 15.5 Å². The fourth-order valence-corrected chi connectivity index (χ4v) is 2.23. The third-order valence-electron chi connectivity index (χ3n) is 3.45. The predicted molar refractivity (Wildman–Crippen MR) is 62.3 cm³/mol. The predicted octanol–water partition coefficient (Wildman–Crippen LogP) is -0.790. The second-order valence-corrected chi connectivity index (χ2v) is 4.50. The van der Waals surface area contributed by atoms with Crippen molar-refractivity contribution in [3.05, 3.63) is 12.3 Å². The molecule has 1 amide bonds. The Balaban J connectivity index is 2.64. The van der Waals surface area contributed by atoms with Gasteiger partial charge in [0.15, 0.2) is 10.8 Å². The molecule has 2 aliphatic rings. The number of carbonyl (C=O) groups is 1. The number of carbonyl (C=O) groups excluding carboxylic acids is 1. The fraction of sp³-hybridized carbons (Fsp3) is 0.455. The van der Waals surface area contributed by atoms with Gasteiger partial charge in [0.25, 0.3) is 5.91 Å². The largest absolute Gasteiger partial charge is 0.386 e. The van der Waals surface area contributed by atoms with Crippen LogP contribution in [-0.2, 0) is 4.79 Å². The Morgan fingerprint density at radius 1 is 1.50 bits per heavy atom. The van der Waals surface area contributed by atoms with Crippen molar-refractivity contribution >= 4 is 11.7 Å². The smallest absolute Gasteiger partial charge is 0.274 e. The van der Waals surface area contributed by atoms with Crippen molar-refractivity contribution in [2.45, 2.75) is 0 Å². The number of amidine groups is 1.